The number of amides is 1. The summed E-state index contributed by atoms with van der Waals surface area (Å²) in [7, 11) is 0. The van der Waals surface area contributed by atoms with Crippen molar-refractivity contribution >= 4 is 23.1 Å². The fourth-order valence-electron chi connectivity index (χ4n) is 3.13. The largest absolute Gasteiger partial charge is 0.392 e. The van der Waals surface area contributed by atoms with Crippen LogP contribution in [0.1, 0.15) is 57.8 Å². The highest BCUT2D eigenvalue weighted by Crippen LogP contribution is 2.37. The Morgan fingerprint density at radius 1 is 1.12 bits per heavy atom. The van der Waals surface area contributed by atoms with Gasteiger partial charge in [0, 0.05) is 6.04 Å². The molecular formula is C13H22N2OS. The van der Waals surface area contributed by atoms with Crippen LogP contribution < -0.4 is 11.1 Å². The first-order valence-corrected chi connectivity index (χ1v) is 7.17. The average molecular weight is 254 g/mol. The van der Waals surface area contributed by atoms with Gasteiger partial charge in [-0.25, -0.2) is 0 Å². The standard InChI is InChI=1S/C13H22N2OS/c14-11(17)13(8-4-1-5-9-13)12(16)15-10-6-2-3-7-10/h10H,1-9H2,(H2,14,17)(H,15,16). The van der Waals surface area contributed by atoms with Crippen LogP contribution in [0.15, 0.2) is 0 Å². The highest BCUT2D eigenvalue weighted by molar-refractivity contribution is 7.80. The molecule has 0 bridgehead atoms. The van der Waals surface area contributed by atoms with E-state index in [1.807, 2.05) is 0 Å². The predicted octanol–water partition coefficient (Wildman–Crippen LogP) is 2.28. The normalized spacial score (nSPS) is 24.5. The lowest BCUT2D eigenvalue weighted by Gasteiger charge is -2.35. The number of nitrogens with two attached hydrogens (primary N) is 1. The summed E-state index contributed by atoms with van der Waals surface area (Å²) in [6.07, 6.45) is 9.67. The van der Waals surface area contributed by atoms with E-state index in [1.165, 1.54) is 19.3 Å². The molecule has 2 saturated carbocycles. The van der Waals surface area contributed by atoms with Gasteiger partial charge in [0.15, 0.2) is 0 Å². The average Bonchev–Trinajstić information content (AvgIpc) is 2.82. The summed E-state index contributed by atoms with van der Waals surface area (Å²) in [5.74, 6) is 0.0941. The van der Waals surface area contributed by atoms with E-state index < -0.39 is 5.41 Å². The number of nitrogens with one attached hydrogen (secondary N) is 1. The molecule has 0 spiro atoms. The van der Waals surface area contributed by atoms with Crippen LogP contribution in [0.3, 0.4) is 0 Å². The summed E-state index contributed by atoms with van der Waals surface area (Å²) in [6, 6.07) is 0.357. The summed E-state index contributed by atoms with van der Waals surface area (Å²) < 4.78 is 0. The summed E-state index contributed by atoms with van der Waals surface area (Å²) >= 11 is 5.16. The van der Waals surface area contributed by atoms with Gasteiger partial charge in [-0.1, -0.05) is 44.3 Å². The summed E-state index contributed by atoms with van der Waals surface area (Å²) in [5.41, 5.74) is 5.30. The molecule has 0 aromatic heterocycles. The summed E-state index contributed by atoms with van der Waals surface area (Å²) in [4.78, 5) is 12.8. The first-order valence-electron chi connectivity index (χ1n) is 6.76. The van der Waals surface area contributed by atoms with Crippen molar-refractivity contribution in [3.63, 3.8) is 0 Å². The molecular weight excluding hydrogens is 232 g/mol. The molecule has 3 nitrogen and oxygen atoms in total. The van der Waals surface area contributed by atoms with Gasteiger partial charge in [0.1, 0.15) is 0 Å². The molecule has 96 valence electrons. The molecule has 2 aliphatic carbocycles. The van der Waals surface area contributed by atoms with Gasteiger partial charge in [-0.05, 0) is 25.7 Å². The third kappa shape index (κ3) is 2.62. The van der Waals surface area contributed by atoms with Crippen molar-refractivity contribution in [2.45, 2.75) is 63.8 Å². The molecule has 17 heavy (non-hydrogen) atoms. The molecule has 0 radical (unpaired) electrons. The lowest BCUT2D eigenvalue weighted by molar-refractivity contribution is -0.129. The molecule has 2 rings (SSSR count). The molecule has 2 aliphatic rings. The Labute approximate surface area is 109 Å². The molecule has 0 saturated heterocycles. The number of rotatable bonds is 3. The Balaban J connectivity index is 2.04. The highest BCUT2D eigenvalue weighted by Gasteiger charge is 2.43. The van der Waals surface area contributed by atoms with Crippen LogP contribution in [-0.2, 0) is 4.79 Å². The first kappa shape index (κ1) is 12.8. The van der Waals surface area contributed by atoms with Gasteiger partial charge in [-0.2, -0.15) is 0 Å². The van der Waals surface area contributed by atoms with E-state index in [-0.39, 0.29) is 5.91 Å². The highest BCUT2D eigenvalue weighted by atomic mass is 32.1. The third-order valence-corrected chi connectivity index (χ3v) is 4.69. The minimum Gasteiger partial charge on any atom is -0.392 e. The maximum Gasteiger partial charge on any atom is 0.233 e. The fraction of sp³-hybridized carbons (Fsp3) is 0.846. The summed E-state index contributed by atoms with van der Waals surface area (Å²) in [6.45, 7) is 0. The zero-order valence-electron chi connectivity index (χ0n) is 10.3. The van der Waals surface area contributed by atoms with Crippen molar-refractivity contribution in [1.29, 1.82) is 0 Å². The van der Waals surface area contributed by atoms with E-state index in [0.29, 0.717) is 11.0 Å². The van der Waals surface area contributed by atoms with Crippen LogP contribution in [0.2, 0.25) is 0 Å². The van der Waals surface area contributed by atoms with Crippen LogP contribution in [0.4, 0.5) is 0 Å². The van der Waals surface area contributed by atoms with Gasteiger partial charge in [0.2, 0.25) is 5.91 Å². The van der Waals surface area contributed by atoms with Gasteiger partial charge < -0.3 is 11.1 Å². The van der Waals surface area contributed by atoms with Crippen LogP contribution in [0.5, 0.6) is 0 Å². The third-order valence-electron chi connectivity index (χ3n) is 4.30. The maximum atomic E-state index is 12.4. The smallest absolute Gasteiger partial charge is 0.233 e. The van der Waals surface area contributed by atoms with Crippen molar-refractivity contribution in [3.05, 3.63) is 0 Å². The van der Waals surface area contributed by atoms with E-state index in [2.05, 4.69) is 5.32 Å². The van der Waals surface area contributed by atoms with Crippen molar-refractivity contribution < 1.29 is 4.79 Å². The fourth-order valence-corrected chi connectivity index (χ4v) is 3.43. The van der Waals surface area contributed by atoms with Crippen molar-refractivity contribution in [2.75, 3.05) is 0 Å². The Morgan fingerprint density at radius 2 is 1.71 bits per heavy atom. The minimum atomic E-state index is -0.545. The molecule has 3 N–H and O–H groups in total. The Bertz CT molecular complexity index is 305. The van der Waals surface area contributed by atoms with Gasteiger partial charge in [-0.3, -0.25) is 4.79 Å². The SMILES string of the molecule is NC(=S)C1(C(=O)NC2CCCC2)CCCCC1. The number of hydrogen-bond donors (Lipinski definition) is 2. The van der Waals surface area contributed by atoms with Crippen molar-refractivity contribution in [3.8, 4) is 0 Å². The second-order valence-corrected chi connectivity index (χ2v) is 5.90. The number of thiocarbonyl (C=S) groups is 1. The molecule has 0 aromatic rings. The Morgan fingerprint density at radius 3 is 2.24 bits per heavy atom. The van der Waals surface area contributed by atoms with Crippen molar-refractivity contribution in [2.24, 2.45) is 11.1 Å². The van der Waals surface area contributed by atoms with Gasteiger partial charge in [-0.15, -0.1) is 0 Å². The van der Waals surface area contributed by atoms with Crippen LogP contribution in [0.25, 0.3) is 0 Å². The Kier molecular flexibility index (Phi) is 4.02. The molecule has 0 unspecified atom stereocenters. The zero-order chi connectivity index (χ0) is 12.3. The quantitative estimate of drug-likeness (QED) is 0.760. The predicted molar refractivity (Wildman–Crippen MR) is 72.7 cm³/mol. The lowest BCUT2D eigenvalue weighted by Crippen LogP contribution is -2.52. The van der Waals surface area contributed by atoms with E-state index in [0.717, 1.165) is 38.5 Å². The topological polar surface area (TPSA) is 55.1 Å². The number of hydrogen-bond acceptors (Lipinski definition) is 2. The lowest BCUT2D eigenvalue weighted by atomic mass is 9.73. The van der Waals surface area contributed by atoms with E-state index >= 15 is 0 Å². The van der Waals surface area contributed by atoms with E-state index in [1.54, 1.807) is 0 Å². The van der Waals surface area contributed by atoms with Gasteiger partial charge in [0.25, 0.3) is 0 Å². The molecule has 1 amide bonds. The second-order valence-electron chi connectivity index (χ2n) is 5.46. The monoisotopic (exact) mass is 254 g/mol. The van der Waals surface area contributed by atoms with E-state index in [9.17, 15) is 4.79 Å². The number of carbonyl (C=O) groups is 1. The molecule has 2 fully saturated rings. The molecule has 0 atom stereocenters. The van der Waals surface area contributed by atoms with Crippen molar-refractivity contribution in [1.82, 2.24) is 5.32 Å². The molecule has 0 aromatic carbocycles. The molecule has 4 heteroatoms. The summed E-state index contributed by atoms with van der Waals surface area (Å²) in [5, 5.41) is 3.16. The first-order chi connectivity index (χ1) is 8.15. The van der Waals surface area contributed by atoms with Crippen LogP contribution in [-0.4, -0.2) is 16.9 Å². The maximum absolute atomic E-state index is 12.4. The number of carbonyl (C=O) groups excluding carboxylic acids is 1. The van der Waals surface area contributed by atoms with Crippen LogP contribution >= 0.6 is 12.2 Å². The van der Waals surface area contributed by atoms with Gasteiger partial charge in [0.05, 0.1) is 10.4 Å². The Hall–Kier alpha value is -0.640. The van der Waals surface area contributed by atoms with Crippen LogP contribution in [0, 0.1) is 5.41 Å². The zero-order valence-corrected chi connectivity index (χ0v) is 11.2. The molecule has 0 aliphatic heterocycles. The minimum absolute atomic E-state index is 0.0941. The van der Waals surface area contributed by atoms with E-state index in [4.69, 9.17) is 18.0 Å². The van der Waals surface area contributed by atoms with Gasteiger partial charge >= 0.3 is 0 Å². The second kappa shape index (κ2) is 5.34. The molecule has 0 heterocycles.